The van der Waals surface area contributed by atoms with Gasteiger partial charge < -0.3 is 14.4 Å². The molecule has 0 amide bonds. The summed E-state index contributed by atoms with van der Waals surface area (Å²) < 4.78 is 10.4. The van der Waals surface area contributed by atoms with E-state index in [1.165, 1.54) is 0 Å². The lowest BCUT2D eigenvalue weighted by Gasteiger charge is -2.21. The van der Waals surface area contributed by atoms with Crippen molar-refractivity contribution in [3.63, 3.8) is 0 Å². The molecule has 0 aromatic heterocycles. The SMILES string of the molecule is CCN(CC)CCOc1ccc([C@@]2(c3ccccc3)[C@H](c3ccc(OC)cc3)C2(Cl)Cl)cc1. The fourth-order valence-electron chi connectivity index (χ4n) is 4.89. The van der Waals surface area contributed by atoms with Gasteiger partial charge in [-0.3, -0.25) is 0 Å². The first-order valence-corrected chi connectivity index (χ1v) is 12.3. The summed E-state index contributed by atoms with van der Waals surface area (Å²) in [5.74, 6) is 1.58. The van der Waals surface area contributed by atoms with Crippen molar-refractivity contribution in [2.75, 3.05) is 33.4 Å². The molecule has 0 heterocycles. The third-order valence-corrected chi connectivity index (χ3v) is 7.83. The van der Waals surface area contributed by atoms with Crippen molar-refractivity contribution in [3.8, 4) is 11.5 Å². The van der Waals surface area contributed by atoms with Gasteiger partial charge in [0.25, 0.3) is 0 Å². The highest BCUT2D eigenvalue weighted by Gasteiger charge is 2.77. The van der Waals surface area contributed by atoms with Crippen LogP contribution in [0.3, 0.4) is 0 Å². The van der Waals surface area contributed by atoms with E-state index in [4.69, 9.17) is 32.7 Å². The van der Waals surface area contributed by atoms with Crippen LogP contribution >= 0.6 is 23.2 Å². The van der Waals surface area contributed by atoms with Gasteiger partial charge in [0.15, 0.2) is 0 Å². The van der Waals surface area contributed by atoms with Crippen molar-refractivity contribution < 1.29 is 9.47 Å². The van der Waals surface area contributed by atoms with Crippen LogP contribution in [0.1, 0.15) is 36.5 Å². The van der Waals surface area contributed by atoms with Crippen molar-refractivity contribution in [3.05, 3.63) is 95.6 Å². The van der Waals surface area contributed by atoms with E-state index in [0.29, 0.717) is 6.61 Å². The number of benzene rings is 3. The van der Waals surface area contributed by atoms with Crippen molar-refractivity contribution >= 4 is 23.2 Å². The fraction of sp³-hybridized carbons (Fsp3) is 0.357. The smallest absolute Gasteiger partial charge is 0.140 e. The summed E-state index contributed by atoms with van der Waals surface area (Å²) in [7, 11) is 1.67. The van der Waals surface area contributed by atoms with E-state index in [1.54, 1.807) is 7.11 Å². The number of likely N-dealkylation sites (N-methyl/N-ethyl adjacent to an activating group) is 1. The van der Waals surface area contributed by atoms with Crippen LogP contribution < -0.4 is 9.47 Å². The molecular weight excluding hydrogens is 453 g/mol. The molecule has 0 N–H and O–H groups in total. The number of alkyl halides is 2. The molecule has 3 aromatic carbocycles. The van der Waals surface area contributed by atoms with E-state index in [9.17, 15) is 0 Å². The predicted octanol–water partition coefficient (Wildman–Crippen LogP) is 6.67. The minimum Gasteiger partial charge on any atom is -0.497 e. The molecule has 0 aliphatic heterocycles. The molecule has 0 radical (unpaired) electrons. The number of hydrogen-bond donors (Lipinski definition) is 0. The number of methoxy groups -OCH3 is 1. The third-order valence-electron chi connectivity index (χ3n) is 6.80. The van der Waals surface area contributed by atoms with Gasteiger partial charge in [0, 0.05) is 12.5 Å². The minimum absolute atomic E-state index is 0.0870. The highest BCUT2D eigenvalue weighted by Crippen LogP contribution is 2.77. The van der Waals surface area contributed by atoms with Crippen molar-refractivity contribution in [1.82, 2.24) is 4.90 Å². The molecule has 0 unspecified atom stereocenters. The van der Waals surface area contributed by atoms with E-state index < -0.39 is 9.75 Å². The first kappa shape index (κ1) is 23.9. The van der Waals surface area contributed by atoms with Crippen molar-refractivity contribution in [2.45, 2.75) is 29.5 Å². The fourth-order valence-corrected chi connectivity index (χ4v) is 6.02. The van der Waals surface area contributed by atoms with Gasteiger partial charge in [-0.25, -0.2) is 0 Å². The second-order valence-corrected chi connectivity index (χ2v) is 9.79. The predicted molar refractivity (Wildman–Crippen MR) is 137 cm³/mol. The van der Waals surface area contributed by atoms with Gasteiger partial charge >= 0.3 is 0 Å². The molecule has 4 rings (SSSR count). The molecule has 3 nitrogen and oxygen atoms in total. The van der Waals surface area contributed by atoms with E-state index in [0.717, 1.165) is 47.8 Å². The second kappa shape index (κ2) is 9.97. The van der Waals surface area contributed by atoms with Crippen LogP contribution in [0, 0.1) is 0 Å². The third kappa shape index (κ3) is 4.35. The van der Waals surface area contributed by atoms with Crippen LogP contribution in [0.2, 0.25) is 0 Å². The molecule has 33 heavy (non-hydrogen) atoms. The summed E-state index contributed by atoms with van der Waals surface area (Å²) in [4.78, 5) is 2.35. The van der Waals surface area contributed by atoms with Crippen LogP contribution in [0.5, 0.6) is 11.5 Å². The van der Waals surface area contributed by atoms with Crippen LogP contribution in [-0.2, 0) is 5.41 Å². The largest absolute Gasteiger partial charge is 0.497 e. The summed E-state index contributed by atoms with van der Waals surface area (Å²) >= 11 is 14.2. The molecule has 2 atom stereocenters. The van der Waals surface area contributed by atoms with Crippen LogP contribution in [0.25, 0.3) is 0 Å². The quantitative estimate of drug-likeness (QED) is 0.300. The van der Waals surface area contributed by atoms with Crippen molar-refractivity contribution in [1.29, 1.82) is 0 Å². The number of rotatable bonds is 10. The molecular formula is C28H31Cl2NO2. The highest BCUT2D eigenvalue weighted by molar-refractivity contribution is 6.53. The Morgan fingerprint density at radius 1 is 0.788 bits per heavy atom. The Kier molecular flexibility index (Phi) is 7.23. The molecule has 1 aliphatic rings. The topological polar surface area (TPSA) is 21.7 Å². The van der Waals surface area contributed by atoms with Gasteiger partial charge in [0.05, 0.1) is 12.5 Å². The van der Waals surface area contributed by atoms with E-state index in [1.807, 2.05) is 42.5 Å². The maximum atomic E-state index is 7.09. The molecule has 3 aromatic rings. The highest BCUT2D eigenvalue weighted by atomic mass is 35.5. The van der Waals surface area contributed by atoms with Crippen LogP contribution in [-0.4, -0.2) is 42.6 Å². The second-order valence-electron chi connectivity index (χ2n) is 8.40. The van der Waals surface area contributed by atoms with Crippen LogP contribution in [0.15, 0.2) is 78.9 Å². The monoisotopic (exact) mass is 483 g/mol. The standard InChI is InChI=1S/C28H31Cl2NO2/c1-4-31(5-2)19-20-33-25-17-13-23(14-18-25)27(22-9-7-6-8-10-22)26(28(27,29)30)21-11-15-24(32-3)16-12-21/h6-18,26H,4-5,19-20H2,1-3H3/t26-,27-/m0/s1. The summed E-state index contributed by atoms with van der Waals surface area (Å²) in [6.07, 6.45) is 0. The Labute approximate surface area is 207 Å². The Morgan fingerprint density at radius 2 is 1.36 bits per heavy atom. The molecule has 0 saturated heterocycles. The maximum absolute atomic E-state index is 7.09. The normalized spacial score (nSPS) is 21.1. The number of ether oxygens (including phenoxy) is 2. The average Bonchev–Trinajstić information content (AvgIpc) is 3.39. The molecule has 1 saturated carbocycles. The zero-order valence-corrected chi connectivity index (χ0v) is 20.9. The Hall–Kier alpha value is -2.20. The Bertz CT molecular complexity index is 1030. The zero-order valence-electron chi connectivity index (χ0n) is 19.4. The minimum atomic E-state index is -0.978. The molecule has 174 valence electrons. The van der Waals surface area contributed by atoms with Gasteiger partial charge in [0.2, 0.25) is 0 Å². The lowest BCUT2D eigenvalue weighted by atomic mass is 9.84. The van der Waals surface area contributed by atoms with E-state index >= 15 is 0 Å². The van der Waals surface area contributed by atoms with Crippen molar-refractivity contribution in [2.24, 2.45) is 0 Å². The van der Waals surface area contributed by atoms with Gasteiger partial charge in [0.1, 0.15) is 22.4 Å². The Balaban J connectivity index is 1.65. The van der Waals surface area contributed by atoms with E-state index in [2.05, 4.69) is 55.1 Å². The number of halogens is 2. The summed E-state index contributed by atoms with van der Waals surface area (Å²) in [5, 5.41) is 0. The maximum Gasteiger partial charge on any atom is 0.140 e. The Morgan fingerprint density at radius 3 is 1.94 bits per heavy atom. The number of hydrogen-bond acceptors (Lipinski definition) is 3. The molecule has 5 heteroatoms. The summed E-state index contributed by atoms with van der Waals surface area (Å²) in [6, 6.07) is 26.6. The molecule has 0 spiro atoms. The van der Waals surface area contributed by atoms with Gasteiger partial charge in [-0.2, -0.15) is 0 Å². The lowest BCUT2D eigenvalue weighted by molar-refractivity contribution is 0.223. The van der Waals surface area contributed by atoms with Gasteiger partial charge in [-0.05, 0) is 54.0 Å². The number of nitrogens with zero attached hydrogens (tertiary/aromatic N) is 1. The average molecular weight is 484 g/mol. The first-order chi connectivity index (χ1) is 16.0. The summed E-state index contributed by atoms with van der Waals surface area (Å²) in [6.45, 7) is 7.96. The van der Waals surface area contributed by atoms with Crippen LogP contribution in [0.4, 0.5) is 0 Å². The molecule has 1 fully saturated rings. The first-order valence-electron chi connectivity index (χ1n) is 11.5. The molecule has 1 aliphatic carbocycles. The van der Waals surface area contributed by atoms with E-state index in [-0.39, 0.29) is 5.92 Å². The van der Waals surface area contributed by atoms with Gasteiger partial charge in [-0.1, -0.05) is 91.6 Å². The van der Waals surface area contributed by atoms with Gasteiger partial charge in [-0.15, -0.1) is 0 Å². The molecule has 0 bridgehead atoms. The summed E-state index contributed by atoms with van der Waals surface area (Å²) in [5.41, 5.74) is 2.72. The zero-order chi connectivity index (χ0) is 23.5. The lowest BCUT2D eigenvalue weighted by Crippen LogP contribution is -2.27.